The number of amides is 2. The third kappa shape index (κ3) is 6.65. The molecule has 0 bridgehead atoms. The molecular weight excluding hydrogens is 325 g/mol. The van der Waals surface area contributed by atoms with Gasteiger partial charge in [-0.2, -0.15) is 13.2 Å². The predicted molar refractivity (Wildman–Crippen MR) is 85.5 cm³/mol. The van der Waals surface area contributed by atoms with Gasteiger partial charge in [-0.15, -0.1) is 0 Å². The molecule has 0 aliphatic rings. The quantitative estimate of drug-likeness (QED) is 0.777. The Morgan fingerprint density at radius 1 is 1.04 bits per heavy atom. The number of benzene rings is 2. The highest BCUT2D eigenvalue weighted by Crippen LogP contribution is 2.37. The molecule has 0 saturated carbocycles. The summed E-state index contributed by atoms with van der Waals surface area (Å²) in [5.74, 6) is 0. The van der Waals surface area contributed by atoms with Crippen molar-refractivity contribution in [3.05, 3.63) is 60.2 Å². The fourth-order valence-electron chi connectivity index (χ4n) is 1.91. The normalized spacial score (nSPS) is 11.1. The van der Waals surface area contributed by atoms with Crippen LogP contribution in [0.1, 0.15) is 5.56 Å². The van der Waals surface area contributed by atoms with E-state index >= 15 is 0 Å². The number of nitrogens with one attached hydrogen (secondary N) is 2. The summed E-state index contributed by atoms with van der Waals surface area (Å²) in [5.41, 5.74) is -2.94. The van der Waals surface area contributed by atoms with Crippen LogP contribution in [0.3, 0.4) is 0 Å². The average Bonchev–Trinajstić information content (AvgIpc) is 2.47. The van der Waals surface area contributed by atoms with Crippen molar-refractivity contribution in [1.82, 2.24) is 5.32 Å². The summed E-state index contributed by atoms with van der Waals surface area (Å²) in [7, 11) is 0. The Hall–Kier alpha value is -2.15. The highest BCUT2D eigenvalue weighted by atomic mass is 32.2. The minimum Gasteiger partial charge on any atom is -0.338 e. The molecule has 23 heavy (non-hydrogen) atoms. The van der Waals surface area contributed by atoms with Crippen molar-refractivity contribution < 1.29 is 18.0 Å². The van der Waals surface area contributed by atoms with Gasteiger partial charge >= 0.3 is 11.5 Å². The molecule has 2 aromatic carbocycles. The Morgan fingerprint density at radius 2 is 1.78 bits per heavy atom. The molecule has 0 saturated heterocycles. The highest BCUT2D eigenvalue weighted by molar-refractivity contribution is 8.00. The van der Waals surface area contributed by atoms with E-state index in [1.54, 1.807) is 0 Å². The van der Waals surface area contributed by atoms with Crippen molar-refractivity contribution >= 4 is 23.5 Å². The molecule has 122 valence electrons. The molecule has 3 nitrogen and oxygen atoms in total. The number of hydrogen-bond donors (Lipinski definition) is 2. The number of urea groups is 1. The summed E-state index contributed by atoms with van der Waals surface area (Å²) < 4.78 is 37.0. The van der Waals surface area contributed by atoms with E-state index in [1.807, 2.05) is 30.3 Å². The summed E-state index contributed by atoms with van der Waals surface area (Å²) in [4.78, 5) is 11.8. The van der Waals surface area contributed by atoms with Crippen LogP contribution in [0.25, 0.3) is 0 Å². The Bertz CT molecular complexity index is 647. The monoisotopic (exact) mass is 340 g/mol. The number of carbonyl (C=O) groups is 1. The van der Waals surface area contributed by atoms with Gasteiger partial charge in [0.05, 0.1) is 0 Å². The van der Waals surface area contributed by atoms with Crippen LogP contribution in [-0.4, -0.2) is 18.1 Å². The third-order valence-corrected chi connectivity index (χ3v) is 3.59. The first-order chi connectivity index (χ1) is 10.9. The number of hydrogen-bond acceptors (Lipinski definition) is 2. The highest BCUT2D eigenvalue weighted by Gasteiger charge is 2.29. The lowest BCUT2D eigenvalue weighted by Crippen LogP contribution is -2.30. The standard InChI is InChI=1S/C16H15F3N2OS/c17-16(18,19)23-14-8-4-7-13(11-14)21-15(22)20-10-9-12-5-2-1-3-6-12/h1-8,11H,9-10H2,(H2,20,21,22). The first-order valence-corrected chi connectivity index (χ1v) is 7.68. The van der Waals surface area contributed by atoms with Gasteiger partial charge in [-0.3, -0.25) is 0 Å². The second-order valence-electron chi connectivity index (χ2n) is 4.69. The van der Waals surface area contributed by atoms with E-state index in [0.717, 1.165) is 5.56 Å². The zero-order valence-corrected chi connectivity index (χ0v) is 12.9. The van der Waals surface area contributed by atoms with Crippen molar-refractivity contribution in [3.63, 3.8) is 0 Å². The summed E-state index contributed by atoms with van der Waals surface area (Å²) in [6.07, 6.45) is 0.679. The Morgan fingerprint density at radius 3 is 2.48 bits per heavy atom. The lowest BCUT2D eigenvalue weighted by atomic mass is 10.1. The molecule has 2 aromatic rings. The van der Waals surface area contributed by atoms with Crippen molar-refractivity contribution in [2.24, 2.45) is 0 Å². The summed E-state index contributed by atoms with van der Waals surface area (Å²) in [6, 6.07) is 14.8. The fourth-order valence-corrected chi connectivity index (χ4v) is 2.51. The van der Waals surface area contributed by atoms with Gasteiger partial charge < -0.3 is 10.6 Å². The van der Waals surface area contributed by atoms with Crippen LogP contribution in [0.4, 0.5) is 23.7 Å². The van der Waals surface area contributed by atoms with Crippen LogP contribution in [-0.2, 0) is 6.42 Å². The summed E-state index contributed by atoms with van der Waals surface area (Å²) in [6.45, 7) is 0.437. The molecule has 0 aliphatic carbocycles. The molecule has 0 aliphatic heterocycles. The van der Waals surface area contributed by atoms with Gasteiger partial charge in [0.25, 0.3) is 0 Å². The number of halogens is 3. The average molecular weight is 340 g/mol. The van der Waals surface area contributed by atoms with E-state index in [2.05, 4.69) is 10.6 Å². The smallest absolute Gasteiger partial charge is 0.338 e. The number of anilines is 1. The Labute approximate surface area is 136 Å². The maximum atomic E-state index is 12.3. The van der Waals surface area contributed by atoms with E-state index in [1.165, 1.54) is 24.3 Å². The molecule has 2 amide bonds. The van der Waals surface area contributed by atoms with Gasteiger partial charge in [0, 0.05) is 17.1 Å². The number of thioether (sulfide) groups is 1. The minimum atomic E-state index is -4.35. The SMILES string of the molecule is O=C(NCCc1ccccc1)Nc1cccc(SC(F)(F)F)c1. The van der Waals surface area contributed by atoms with Crippen molar-refractivity contribution in [3.8, 4) is 0 Å². The van der Waals surface area contributed by atoms with Gasteiger partial charge in [0.1, 0.15) is 0 Å². The van der Waals surface area contributed by atoms with Gasteiger partial charge in [-0.05, 0) is 41.9 Å². The van der Waals surface area contributed by atoms with Crippen molar-refractivity contribution in [2.75, 3.05) is 11.9 Å². The lowest BCUT2D eigenvalue weighted by molar-refractivity contribution is -0.0328. The molecule has 2 rings (SSSR count). The first-order valence-electron chi connectivity index (χ1n) is 6.87. The van der Waals surface area contributed by atoms with E-state index in [0.29, 0.717) is 18.7 Å². The van der Waals surface area contributed by atoms with E-state index in [-0.39, 0.29) is 16.7 Å². The van der Waals surface area contributed by atoms with Gasteiger partial charge in [0.2, 0.25) is 0 Å². The molecule has 0 unspecified atom stereocenters. The van der Waals surface area contributed by atoms with Crippen molar-refractivity contribution in [2.45, 2.75) is 16.8 Å². The van der Waals surface area contributed by atoms with E-state index in [4.69, 9.17) is 0 Å². The fraction of sp³-hybridized carbons (Fsp3) is 0.188. The second kappa shape index (κ2) is 7.92. The lowest BCUT2D eigenvalue weighted by Gasteiger charge is -2.10. The van der Waals surface area contributed by atoms with Crippen LogP contribution in [0.5, 0.6) is 0 Å². The first kappa shape index (κ1) is 17.2. The van der Waals surface area contributed by atoms with E-state index < -0.39 is 11.5 Å². The molecule has 2 N–H and O–H groups in total. The van der Waals surface area contributed by atoms with Crippen LogP contribution in [0.2, 0.25) is 0 Å². The topological polar surface area (TPSA) is 41.1 Å². The van der Waals surface area contributed by atoms with E-state index in [9.17, 15) is 18.0 Å². The summed E-state index contributed by atoms with van der Waals surface area (Å²) >= 11 is -0.215. The van der Waals surface area contributed by atoms with Gasteiger partial charge in [-0.25, -0.2) is 4.79 Å². The van der Waals surface area contributed by atoms with Crippen LogP contribution < -0.4 is 10.6 Å². The number of alkyl halides is 3. The maximum Gasteiger partial charge on any atom is 0.446 e. The molecule has 7 heteroatoms. The largest absolute Gasteiger partial charge is 0.446 e. The third-order valence-electron chi connectivity index (χ3n) is 2.87. The molecule has 0 aromatic heterocycles. The minimum absolute atomic E-state index is 0.0274. The predicted octanol–water partition coefficient (Wildman–Crippen LogP) is 4.66. The molecular formula is C16H15F3N2OS. The van der Waals surface area contributed by atoms with Crippen LogP contribution in [0.15, 0.2) is 59.5 Å². The maximum absolute atomic E-state index is 12.3. The Kier molecular flexibility index (Phi) is 5.92. The van der Waals surface area contributed by atoms with Crippen LogP contribution in [0, 0.1) is 0 Å². The summed E-state index contributed by atoms with van der Waals surface area (Å²) in [5, 5.41) is 5.19. The zero-order valence-electron chi connectivity index (χ0n) is 12.1. The van der Waals surface area contributed by atoms with Gasteiger partial charge in [-0.1, -0.05) is 36.4 Å². The second-order valence-corrected chi connectivity index (χ2v) is 5.83. The number of rotatable bonds is 5. The molecule has 0 heterocycles. The molecule has 0 atom stereocenters. The zero-order chi connectivity index (χ0) is 16.7. The Balaban J connectivity index is 1.82. The van der Waals surface area contributed by atoms with Gasteiger partial charge in [0.15, 0.2) is 0 Å². The molecule has 0 fully saturated rings. The molecule has 0 spiro atoms. The van der Waals surface area contributed by atoms with Crippen LogP contribution >= 0.6 is 11.8 Å². The number of carbonyl (C=O) groups excluding carboxylic acids is 1. The van der Waals surface area contributed by atoms with Crippen molar-refractivity contribution in [1.29, 1.82) is 0 Å². The molecule has 0 radical (unpaired) electrons.